The fourth-order valence-electron chi connectivity index (χ4n) is 1.22. The molecule has 94 valence electrons. The second-order valence-electron chi connectivity index (χ2n) is 3.67. The molecule has 7 nitrogen and oxygen atoms in total. The summed E-state index contributed by atoms with van der Waals surface area (Å²) in [5, 5.41) is 13.0. The lowest BCUT2D eigenvalue weighted by Gasteiger charge is -2.15. The van der Waals surface area contributed by atoms with Crippen LogP contribution in [0.3, 0.4) is 0 Å². The van der Waals surface area contributed by atoms with Crippen molar-refractivity contribution in [2.24, 2.45) is 0 Å². The van der Waals surface area contributed by atoms with Crippen molar-refractivity contribution in [1.29, 1.82) is 0 Å². The van der Waals surface area contributed by atoms with Gasteiger partial charge in [-0.1, -0.05) is 12.7 Å². The van der Waals surface area contributed by atoms with Crippen LogP contribution in [0.1, 0.15) is 12.8 Å². The lowest BCUT2D eigenvalue weighted by Crippen LogP contribution is -2.50. The molecule has 2 amide bonds. The molecule has 0 aromatic carbocycles. The standard InChI is InChI=1S/C10H14N2O5/c1-2-5-17-9(16)12-10(3-4-10)8(15)11-6-7(13)14/h2H,1,3-6H2,(H,11,15)(H,12,16)(H,13,14). The third-order valence-electron chi connectivity index (χ3n) is 2.26. The van der Waals surface area contributed by atoms with Crippen molar-refractivity contribution < 1.29 is 24.2 Å². The summed E-state index contributed by atoms with van der Waals surface area (Å²) in [6.07, 6.45) is 1.64. The molecule has 0 unspecified atom stereocenters. The van der Waals surface area contributed by atoms with E-state index in [2.05, 4.69) is 21.9 Å². The molecule has 17 heavy (non-hydrogen) atoms. The zero-order chi connectivity index (χ0) is 12.9. The van der Waals surface area contributed by atoms with E-state index < -0.39 is 30.1 Å². The number of aliphatic carboxylic acids is 1. The number of carboxylic acid groups (broad SMARTS) is 1. The van der Waals surface area contributed by atoms with Gasteiger partial charge in [0.15, 0.2) is 0 Å². The molecule has 0 spiro atoms. The van der Waals surface area contributed by atoms with Gasteiger partial charge in [-0.3, -0.25) is 9.59 Å². The van der Waals surface area contributed by atoms with Gasteiger partial charge < -0.3 is 20.5 Å². The number of carboxylic acids is 1. The number of carbonyl (C=O) groups is 3. The van der Waals surface area contributed by atoms with Crippen molar-refractivity contribution in [1.82, 2.24) is 10.6 Å². The molecule has 0 heterocycles. The minimum Gasteiger partial charge on any atom is -0.480 e. The van der Waals surface area contributed by atoms with E-state index in [1.807, 2.05) is 0 Å². The Morgan fingerprint density at radius 2 is 2.06 bits per heavy atom. The summed E-state index contributed by atoms with van der Waals surface area (Å²) in [7, 11) is 0. The Kier molecular flexibility index (Phi) is 4.08. The van der Waals surface area contributed by atoms with Crippen LogP contribution in [0.5, 0.6) is 0 Å². The first-order valence-corrected chi connectivity index (χ1v) is 5.06. The van der Waals surface area contributed by atoms with E-state index in [1.54, 1.807) is 0 Å². The summed E-state index contributed by atoms with van der Waals surface area (Å²) in [5.41, 5.74) is -1.01. The molecule has 3 N–H and O–H groups in total. The third-order valence-corrected chi connectivity index (χ3v) is 2.26. The summed E-state index contributed by atoms with van der Waals surface area (Å²) in [6, 6.07) is 0. The van der Waals surface area contributed by atoms with Crippen LogP contribution in [0.15, 0.2) is 12.7 Å². The van der Waals surface area contributed by atoms with Gasteiger partial charge in [0.1, 0.15) is 18.7 Å². The highest BCUT2D eigenvalue weighted by molar-refractivity contribution is 5.94. The second kappa shape index (κ2) is 5.33. The van der Waals surface area contributed by atoms with Crippen LogP contribution in [0.25, 0.3) is 0 Å². The number of nitrogens with one attached hydrogen (secondary N) is 2. The van der Waals surface area contributed by atoms with E-state index >= 15 is 0 Å². The van der Waals surface area contributed by atoms with E-state index in [4.69, 9.17) is 5.11 Å². The molecule has 0 saturated heterocycles. The van der Waals surface area contributed by atoms with Gasteiger partial charge in [-0.15, -0.1) is 0 Å². The van der Waals surface area contributed by atoms with Gasteiger partial charge in [0.25, 0.3) is 0 Å². The van der Waals surface area contributed by atoms with E-state index in [-0.39, 0.29) is 6.61 Å². The molecule has 0 aromatic rings. The predicted octanol–water partition coefficient (Wildman–Crippen LogP) is -0.368. The maximum atomic E-state index is 11.6. The Labute approximate surface area is 97.8 Å². The SMILES string of the molecule is C=CCOC(=O)NC1(C(=O)NCC(=O)O)CC1. The van der Waals surface area contributed by atoms with Crippen molar-refractivity contribution in [2.75, 3.05) is 13.2 Å². The number of hydrogen-bond acceptors (Lipinski definition) is 4. The van der Waals surface area contributed by atoms with Gasteiger partial charge in [0.05, 0.1) is 0 Å². The molecule has 0 aromatic heterocycles. The summed E-state index contributed by atoms with van der Waals surface area (Å²) in [6.45, 7) is 2.97. The maximum Gasteiger partial charge on any atom is 0.408 e. The average Bonchev–Trinajstić information content (AvgIpc) is 3.04. The van der Waals surface area contributed by atoms with Gasteiger partial charge in [-0.2, -0.15) is 0 Å². The summed E-state index contributed by atoms with van der Waals surface area (Å²) < 4.78 is 4.68. The molecule has 1 aliphatic carbocycles. The van der Waals surface area contributed by atoms with Crippen molar-refractivity contribution in [2.45, 2.75) is 18.4 Å². The Morgan fingerprint density at radius 1 is 1.41 bits per heavy atom. The highest BCUT2D eigenvalue weighted by Gasteiger charge is 2.51. The van der Waals surface area contributed by atoms with Gasteiger partial charge in [0, 0.05) is 0 Å². The minimum absolute atomic E-state index is 0.0542. The van der Waals surface area contributed by atoms with Crippen LogP contribution < -0.4 is 10.6 Å². The average molecular weight is 242 g/mol. The molecule has 1 saturated carbocycles. The maximum absolute atomic E-state index is 11.6. The number of ether oxygens (including phenoxy) is 1. The number of amides is 2. The molecule has 7 heteroatoms. The van der Waals surface area contributed by atoms with Gasteiger partial charge in [-0.05, 0) is 12.8 Å². The third kappa shape index (κ3) is 3.78. The van der Waals surface area contributed by atoms with Crippen LogP contribution in [0, 0.1) is 0 Å². The van der Waals surface area contributed by atoms with E-state index in [9.17, 15) is 14.4 Å². The molecular weight excluding hydrogens is 228 g/mol. The zero-order valence-corrected chi connectivity index (χ0v) is 9.19. The monoisotopic (exact) mass is 242 g/mol. The van der Waals surface area contributed by atoms with Crippen molar-refractivity contribution in [3.05, 3.63) is 12.7 Å². The second-order valence-corrected chi connectivity index (χ2v) is 3.67. The van der Waals surface area contributed by atoms with Crippen LogP contribution in [-0.2, 0) is 14.3 Å². The Hall–Kier alpha value is -2.05. The molecule has 1 fully saturated rings. The number of hydrogen-bond donors (Lipinski definition) is 3. The van der Waals surface area contributed by atoms with Crippen molar-refractivity contribution in [3.63, 3.8) is 0 Å². The summed E-state index contributed by atoms with van der Waals surface area (Å²) in [4.78, 5) is 33.1. The first kappa shape index (κ1) is 13.0. The van der Waals surface area contributed by atoms with Crippen molar-refractivity contribution in [3.8, 4) is 0 Å². The molecule has 0 aliphatic heterocycles. The smallest absolute Gasteiger partial charge is 0.408 e. The first-order chi connectivity index (χ1) is 8.00. The lowest BCUT2D eigenvalue weighted by atomic mass is 10.2. The molecule has 0 bridgehead atoms. The molecule has 0 atom stereocenters. The summed E-state index contributed by atoms with van der Waals surface area (Å²) >= 11 is 0. The molecular formula is C10H14N2O5. The van der Waals surface area contributed by atoms with E-state index in [1.165, 1.54) is 6.08 Å². The van der Waals surface area contributed by atoms with Gasteiger partial charge in [-0.25, -0.2) is 4.79 Å². The Balaban J connectivity index is 2.40. The topological polar surface area (TPSA) is 105 Å². The van der Waals surface area contributed by atoms with Gasteiger partial charge in [0.2, 0.25) is 5.91 Å². The Morgan fingerprint density at radius 3 is 2.53 bits per heavy atom. The highest BCUT2D eigenvalue weighted by Crippen LogP contribution is 2.35. The summed E-state index contributed by atoms with van der Waals surface area (Å²) in [5.74, 6) is -1.64. The van der Waals surface area contributed by atoms with Crippen molar-refractivity contribution >= 4 is 18.0 Å². The van der Waals surface area contributed by atoms with Crippen LogP contribution in [0.2, 0.25) is 0 Å². The van der Waals surface area contributed by atoms with E-state index in [0.29, 0.717) is 12.8 Å². The van der Waals surface area contributed by atoms with Crippen LogP contribution in [-0.4, -0.2) is 41.8 Å². The largest absolute Gasteiger partial charge is 0.480 e. The normalized spacial score (nSPS) is 15.5. The lowest BCUT2D eigenvalue weighted by molar-refractivity contribution is -0.138. The van der Waals surface area contributed by atoms with Crippen LogP contribution in [0.4, 0.5) is 4.79 Å². The van der Waals surface area contributed by atoms with Gasteiger partial charge >= 0.3 is 12.1 Å². The first-order valence-electron chi connectivity index (χ1n) is 5.06. The number of carbonyl (C=O) groups excluding carboxylic acids is 2. The molecule has 1 rings (SSSR count). The zero-order valence-electron chi connectivity index (χ0n) is 9.19. The number of alkyl carbamates (subject to hydrolysis) is 1. The predicted molar refractivity (Wildman–Crippen MR) is 57.3 cm³/mol. The molecule has 1 aliphatic rings. The quantitative estimate of drug-likeness (QED) is 0.551. The number of rotatable bonds is 6. The molecule has 0 radical (unpaired) electrons. The fourth-order valence-corrected chi connectivity index (χ4v) is 1.22. The van der Waals surface area contributed by atoms with E-state index in [0.717, 1.165) is 0 Å². The minimum atomic E-state index is -1.14. The Bertz CT molecular complexity index is 349. The highest BCUT2D eigenvalue weighted by atomic mass is 16.5. The van der Waals surface area contributed by atoms with Crippen LogP contribution >= 0.6 is 0 Å². The fraction of sp³-hybridized carbons (Fsp3) is 0.500.